The summed E-state index contributed by atoms with van der Waals surface area (Å²) in [5, 5.41) is 6.58. The number of aromatic nitrogens is 3. The number of carbonyl (C=O) groups excluding carboxylic acids is 2. The fraction of sp³-hybridized carbons (Fsp3) is 0.206. The molecule has 1 aliphatic rings. The highest BCUT2D eigenvalue weighted by Crippen LogP contribution is 2.32. The monoisotopic (exact) mass is 588 g/mol. The molecule has 10 heteroatoms. The van der Waals surface area contributed by atoms with Gasteiger partial charge in [0, 0.05) is 35.2 Å². The number of likely N-dealkylation sites (tertiary alicyclic amines) is 1. The molecule has 2 amide bonds. The number of anilines is 1. The van der Waals surface area contributed by atoms with E-state index in [1.165, 1.54) is 10.6 Å². The Hall–Kier alpha value is -5.35. The number of nitrogens with zero attached hydrogens (tertiary/aromatic N) is 4. The van der Waals surface area contributed by atoms with Crippen molar-refractivity contribution in [1.29, 1.82) is 0 Å². The number of ether oxygens (including phenoxy) is 1. The van der Waals surface area contributed by atoms with Crippen LogP contribution in [0.3, 0.4) is 0 Å². The van der Waals surface area contributed by atoms with Crippen molar-refractivity contribution in [2.75, 3.05) is 25.5 Å². The van der Waals surface area contributed by atoms with Gasteiger partial charge in [0.2, 0.25) is 0 Å². The molecule has 5 aromatic rings. The number of aryl methyl sites for hydroxylation is 1. The summed E-state index contributed by atoms with van der Waals surface area (Å²) in [6.07, 6.45) is 6.64. The molecule has 0 radical (unpaired) electrons. The minimum Gasteiger partial charge on any atom is -0.456 e. The van der Waals surface area contributed by atoms with Crippen molar-refractivity contribution in [3.05, 3.63) is 119 Å². The van der Waals surface area contributed by atoms with E-state index in [-0.39, 0.29) is 17.5 Å². The van der Waals surface area contributed by atoms with Gasteiger partial charge < -0.3 is 20.3 Å². The van der Waals surface area contributed by atoms with Gasteiger partial charge in [-0.25, -0.2) is 4.98 Å². The summed E-state index contributed by atoms with van der Waals surface area (Å²) in [6.45, 7) is 3.75. The van der Waals surface area contributed by atoms with E-state index in [9.17, 15) is 14.4 Å². The molecule has 2 N–H and O–H groups in total. The summed E-state index contributed by atoms with van der Waals surface area (Å²) in [5.41, 5.74) is 2.48. The van der Waals surface area contributed by atoms with Gasteiger partial charge in [-0.2, -0.15) is 0 Å². The summed E-state index contributed by atoms with van der Waals surface area (Å²) in [6, 6.07) is 21.1. The van der Waals surface area contributed by atoms with Crippen molar-refractivity contribution in [3.63, 3.8) is 0 Å². The number of hydrogen-bond acceptors (Lipinski definition) is 7. The number of benzene rings is 2. The molecule has 1 saturated heterocycles. The van der Waals surface area contributed by atoms with Crippen molar-refractivity contribution in [2.45, 2.75) is 25.8 Å². The number of pyridine rings is 3. The first-order chi connectivity index (χ1) is 21.4. The van der Waals surface area contributed by atoms with Crippen LogP contribution in [0.25, 0.3) is 16.6 Å². The van der Waals surface area contributed by atoms with E-state index >= 15 is 0 Å². The van der Waals surface area contributed by atoms with Gasteiger partial charge in [0.25, 0.3) is 17.4 Å². The number of amides is 2. The van der Waals surface area contributed by atoms with Crippen molar-refractivity contribution in [3.8, 4) is 17.2 Å². The predicted molar refractivity (Wildman–Crippen MR) is 169 cm³/mol. The van der Waals surface area contributed by atoms with Gasteiger partial charge in [-0.05, 0) is 100 Å². The van der Waals surface area contributed by atoms with Crippen LogP contribution in [-0.4, -0.2) is 57.4 Å². The molecule has 0 unspecified atom stereocenters. The molecule has 222 valence electrons. The molecule has 6 rings (SSSR count). The van der Waals surface area contributed by atoms with Crippen molar-refractivity contribution < 1.29 is 14.3 Å². The average Bonchev–Trinajstić information content (AvgIpc) is 3.04. The second-order valence-electron chi connectivity index (χ2n) is 10.9. The lowest BCUT2D eigenvalue weighted by Gasteiger charge is -2.29. The third-order valence-corrected chi connectivity index (χ3v) is 7.75. The highest BCUT2D eigenvalue weighted by atomic mass is 16.5. The zero-order chi connectivity index (χ0) is 30.6. The van der Waals surface area contributed by atoms with Crippen LogP contribution < -0.4 is 20.9 Å². The van der Waals surface area contributed by atoms with Crippen LogP contribution in [-0.2, 0) is 0 Å². The number of hydrogen-bond donors (Lipinski definition) is 2. The van der Waals surface area contributed by atoms with Crippen LogP contribution in [0.5, 0.6) is 11.5 Å². The molecule has 2 aromatic carbocycles. The molecule has 0 atom stereocenters. The number of nitrogens with one attached hydrogen (secondary N) is 2. The molecule has 1 fully saturated rings. The maximum atomic E-state index is 13.1. The summed E-state index contributed by atoms with van der Waals surface area (Å²) in [4.78, 5) is 50.1. The molecule has 4 heterocycles. The van der Waals surface area contributed by atoms with Gasteiger partial charge in [-0.15, -0.1) is 0 Å². The van der Waals surface area contributed by atoms with E-state index in [0.717, 1.165) is 31.5 Å². The lowest BCUT2D eigenvalue weighted by atomic mass is 10.1. The Kier molecular flexibility index (Phi) is 8.16. The smallest absolute Gasteiger partial charge is 0.270 e. The number of rotatable bonds is 7. The molecule has 0 spiro atoms. The molecule has 0 aliphatic carbocycles. The van der Waals surface area contributed by atoms with Crippen LogP contribution in [0, 0.1) is 6.92 Å². The van der Waals surface area contributed by atoms with Crippen molar-refractivity contribution in [2.24, 2.45) is 0 Å². The number of para-hydroxylation sites is 1. The molecule has 44 heavy (non-hydrogen) atoms. The quantitative estimate of drug-likeness (QED) is 0.276. The number of fused-ring (bicyclic) bond motifs is 1. The highest BCUT2D eigenvalue weighted by molar-refractivity contribution is 6.04. The molecule has 10 nitrogen and oxygen atoms in total. The van der Waals surface area contributed by atoms with E-state index in [1.54, 1.807) is 67.1 Å². The highest BCUT2D eigenvalue weighted by Gasteiger charge is 2.21. The van der Waals surface area contributed by atoms with Crippen LogP contribution in [0.2, 0.25) is 0 Å². The predicted octanol–water partition coefficient (Wildman–Crippen LogP) is 4.96. The second kappa shape index (κ2) is 12.5. The SMILES string of the molecule is Cc1cc(NC(=O)c2cccn(-c3ccccc3)c2=O)ccc1Oc1ccnc2cnc(C(=O)NC3CCN(C)CC3)cc12. The Labute approximate surface area is 254 Å². The van der Waals surface area contributed by atoms with E-state index in [4.69, 9.17) is 4.74 Å². The molecule has 0 bridgehead atoms. The first kappa shape index (κ1) is 28.8. The normalized spacial score (nSPS) is 13.9. The molecule has 0 saturated carbocycles. The topological polar surface area (TPSA) is 118 Å². The zero-order valence-electron chi connectivity index (χ0n) is 24.5. The van der Waals surface area contributed by atoms with E-state index in [2.05, 4.69) is 32.5 Å². The summed E-state index contributed by atoms with van der Waals surface area (Å²) in [7, 11) is 2.08. The fourth-order valence-electron chi connectivity index (χ4n) is 5.27. The number of piperidine rings is 1. The summed E-state index contributed by atoms with van der Waals surface area (Å²) >= 11 is 0. The lowest BCUT2D eigenvalue weighted by Crippen LogP contribution is -2.43. The average molecular weight is 589 g/mol. The van der Waals surface area contributed by atoms with Crippen LogP contribution >= 0.6 is 0 Å². The van der Waals surface area contributed by atoms with E-state index in [0.29, 0.717) is 39.5 Å². The Morgan fingerprint density at radius 2 is 1.70 bits per heavy atom. The second-order valence-corrected chi connectivity index (χ2v) is 10.9. The first-order valence-corrected chi connectivity index (χ1v) is 14.5. The van der Waals surface area contributed by atoms with Gasteiger partial charge >= 0.3 is 0 Å². The molecule has 3 aromatic heterocycles. The minimum absolute atomic E-state index is 0.0295. The van der Waals surface area contributed by atoms with Gasteiger partial charge in [-0.3, -0.25) is 23.9 Å². The summed E-state index contributed by atoms with van der Waals surface area (Å²) in [5.74, 6) is 0.362. The van der Waals surface area contributed by atoms with Gasteiger partial charge in [-0.1, -0.05) is 18.2 Å². The van der Waals surface area contributed by atoms with Crippen molar-refractivity contribution >= 4 is 28.4 Å². The fourth-order valence-corrected chi connectivity index (χ4v) is 5.27. The minimum atomic E-state index is -0.507. The van der Waals surface area contributed by atoms with Crippen LogP contribution in [0.4, 0.5) is 5.69 Å². The maximum absolute atomic E-state index is 13.1. The number of carbonyl (C=O) groups is 2. The lowest BCUT2D eigenvalue weighted by molar-refractivity contribution is 0.0911. The summed E-state index contributed by atoms with van der Waals surface area (Å²) < 4.78 is 7.72. The van der Waals surface area contributed by atoms with Crippen LogP contribution in [0.15, 0.2) is 96.2 Å². The molecule has 1 aliphatic heterocycles. The van der Waals surface area contributed by atoms with Gasteiger partial charge in [0.05, 0.1) is 11.7 Å². The zero-order valence-corrected chi connectivity index (χ0v) is 24.5. The largest absolute Gasteiger partial charge is 0.456 e. The molecular formula is C34H32N6O4. The standard InChI is InChI=1S/C34H32N6O4/c1-22-19-24(38-32(41)26-9-6-16-40(34(26)43)25-7-4-3-5-8-25)10-11-30(22)44-31-12-15-35-29-21-36-28(20-27(29)31)33(42)37-23-13-17-39(2)18-14-23/h3-12,15-16,19-21,23H,13-14,17-18H2,1-2H3,(H,37,42)(H,38,41). The van der Waals surface area contributed by atoms with Crippen molar-refractivity contribution in [1.82, 2.24) is 24.8 Å². The maximum Gasteiger partial charge on any atom is 0.270 e. The van der Waals surface area contributed by atoms with E-state index < -0.39 is 11.5 Å². The third kappa shape index (κ3) is 6.20. The Morgan fingerprint density at radius 1 is 0.909 bits per heavy atom. The third-order valence-electron chi connectivity index (χ3n) is 7.75. The first-order valence-electron chi connectivity index (χ1n) is 14.5. The Bertz CT molecular complexity index is 1900. The Morgan fingerprint density at radius 3 is 2.48 bits per heavy atom. The van der Waals surface area contributed by atoms with Gasteiger partial charge in [0.15, 0.2) is 0 Å². The van der Waals surface area contributed by atoms with Crippen LogP contribution in [0.1, 0.15) is 39.3 Å². The Balaban J connectivity index is 1.18. The van der Waals surface area contributed by atoms with Gasteiger partial charge in [0.1, 0.15) is 22.8 Å². The van der Waals surface area contributed by atoms with E-state index in [1.807, 2.05) is 25.1 Å². The molecular weight excluding hydrogens is 556 g/mol.